The van der Waals surface area contributed by atoms with Gasteiger partial charge in [-0.05, 0) is 22.2 Å². The van der Waals surface area contributed by atoms with Gasteiger partial charge in [-0.2, -0.15) is 0 Å². The van der Waals surface area contributed by atoms with Crippen molar-refractivity contribution in [1.29, 1.82) is 0 Å². The van der Waals surface area contributed by atoms with Gasteiger partial charge in [0.15, 0.2) is 0 Å². The predicted octanol–water partition coefficient (Wildman–Crippen LogP) is 4.78. The van der Waals surface area contributed by atoms with Crippen LogP contribution in [0.25, 0.3) is 0 Å². The van der Waals surface area contributed by atoms with E-state index >= 15 is 0 Å². The second-order valence-electron chi connectivity index (χ2n) is 8.41. The highest BCUT2D eigenvalue weighted by Gasteiger charge is 2.52. The van der Waals surface area contributed by atoms with Crippen molar-refractivity contribution < 1.29 is 17.7 Å². The predicted molar refractivity (Wildman–Crippen MR) is 144 cm³/mol. The molecule has 0 bridgehead atoms. The van der Waals surface area contributed by atoms with Crippen LogP contribution < -0.4 is 10.4 Å². The molecule has 0 aromatic heterocycles. The van der Waals surface area contributed by atoms with Gasteiger partial charge in [0, 0.05) is 28.4 Å². The summed E-state index contributed by atoms with van der Waals surface area (Å²) >= 11 is 0. The number of benzene rings is 2. The zero-order valence-corrected chi connectivity index (χ0v) is 24.2. The molecule has 2 aromatic carbocycles. The summed E-state index contributed by atoms with van der Waals surface area (Å²) in [4.78, 5) is 0.365. The zero-order valence-electron chi connectivity index (χ0n) is 20.5. The van der Waals surface area contributed by atoms with E-state index in [0.717, 1.165) is 10.4 Å². The number of hydrogen-bond donors (Lipinski definition) is 0. The third-order valence-electron chi connectivity index (χ3n) is 5.79. The fourth-order valence-corrected chi connectivity index (χ4v) is 19.1. The van der Waals surface area contributed by atoms with Crippen LogP contribution in [0, 0.1) is 11.8 Å². The Hall–Kier alpha value is -0.586. The number of rotatable bonds is 13. The maximum Gasteiger partial charge on any atom is 0.386 e. The standard InChI is InChI=1S/C24H38O4S2Si2/c1-19(2)23(31(25-5,26-6)21-15-11-9-12-16-21)29-30-24(20(3)4)32(27-7,28-8)22-17-13-10-14-18-22/h9-20,23-24H,1-8H3. The summed E-state index contributed by atoms with van der Waals surface area (Å²) in [6.07, 6.45) is 0. The molecule has 0 aliphatic heterocycles. The summed E-state index contributed by atoms with van der Waals surface area (Å²) in [6, 6.07) is 20.8. The molecule has 0 heterocycles. The molecule has 0 radical (unpaired) electrons. The Morgan fingerprint density at radius 2 is 0.812 bits per heavy atom. The second-order valence-corrected chi connectivity index (χ2v) is 18.5. The normalized spacial score (nSPS) is 14.7. The summed E-state index contributed by atoms with van der Waals surface area (Å²) in [5, 5.41) is 2.31. The van der Waals surface area contributed by atoms with Crippen molar-refractivity contribution in [3.63, 3.8) is 0 Å². The van der Waals surface area contributed by atoms with E-state index in [9.17, 15) is 0 Å². The Labute approximate surface area is 204 Å². The summed E-state index contributed by atoms with van der Waals surface area (Å²) in [7, 11) is 5.50. The van der Waals surface area contributed by atoms with Crippen molar-refractivity contribution >= 4 is 49.1 Å². The molecule has 0 spiro atoms. The molecule has 0 saturated heterocycles. The molecule has 32 heavy (non-hydrogen) atoms. The summed E-state index contributed by atoms with van der Waals surface area (Å²) in [6.45, 7) is 9.00. The highest BCUT2D eigenvalue weighted by Crippen LogP contribution is 2.44. The third-order valence-corrected chi connectivity index (χ3v) is 20.1. The lowest BCUT2D eigenvalue weighted by molar-refractivity contribution is 0.248. The van der Waals surface area contributed by atoms with E-state index in [1.54, 1.807) is 28.4 Å². The van der Waals surface area contributed by atoms with E-state index in [1.807, 2.05) is 33.7 Å². The van der Waals surface area contributed by atoms with Gasteiger partial charge in [-0.1, -0.05) is 110 Å². The molecule has 0 N–H and O–H groups in total. The van der Waals surface area contributed by atoms with Gasteiger partial charge in [0.05, 0.1) is 9.75 Å². The Kier molecular flexibility index (Phi) is 11.0. The fourth-order valence-electron chi connectivity index (χ4n) is 4.12. The van der Waals surface area contributed by atoms with E-state index < -0.39 is 17.1 Å². The van der Waals surface area contributed by atoms with Crippen LogP contribution in [0.4, 0.5) is 0 Å². The minimum absolute atomic E-state index is 0.183. The van der Waals surface area contributed by atoms with Crippen LogP contribution in [0.1, 0.15) is 27.7 Å². The molecule has 2 aromatic rings. The van der Waals surface area contributed by atoms with Gasteiger partial charge in [0.25, 0.3) is 0 Å². The van der Waals surface area contributed by atoms with Gasteiger partial charge in [-0.25, -0.2) is 0 Å². The smallest absolute Gasteiger partial charge is 0.386 e. The minimum Gasteiger partial charge on any atom is -0.394 e. The van der Waals surface area contributed by atoms with Crippen molar-refractivity contribution in [3.05, 3.63) is 60.7 Å². The lowest BCUT2D eigenvalue weighted by Crippen LogP contribution is -2.63. The fraction of sp³-hybridized carbons (Fsp3) is 0.500. The topological polar surface area (TPSA) is 36.9 Å². The minimum atomic E-state index is -2.70. The highest BCUT2D eigenvalue weighted by atomic mass is 33.1. The first-order valence-electron chi connectivity index (χ1n) is 11.0. The molecule has 178 valence electrons. The Balaban J connectivity index is 2.44. The molecular weight excluding hydrogens is 473 g/mol. The van der Waals surface area contributed by atoms with Gasteiger partial charge in [-0.15, -0.1) is 0 Å². The maximum absolute atomic E-state index is 6.24. The number of hydrogen-bond acceptors (Lipinski definition) is 6. The monoisotopic (exact) mass is 510 g/mol. The molecule has 0 amide bonds. The Morgan fingerprint density at radius 1 is 0.531 bits per heavy atom. The van der Waals surface area contributed by atoms with Crippen LogP contribution in [0.3, 0.4) is 0 Å². The summed E-state index contributed by atoms with van der Waals surface area (Å²) in [5.74, 6) is 0.731. The maximum atomic E-state index is 6.24. The van der Waals surface area contributed by atoms with Crippen molar-refractivity contribution in [2.75, 3.05) is 28.4 Å². The lowest BCUT2D eigenvalue weighted by Gasteiger charge is -2.40. The first-order chi connectivity index (χ1) is 15.3. The van der Waals surface area contributed by atoms with Crippen molar-refractivity contribution in [2.24, 2.45) is 11.8 Å². The SMILES string of the molecule is CO[Si](OC)(c1ccccc1)C(SSC(C(C)C)[Si](OC)(OC)c1ccccc1)C(C)C. The first-order valence-corrected chi connectivity index (χ1v) is 17.0. The van der Waals surface area contributed by atoms with Gasteiger partial charge in [-0.3, -0.25) is 0 Å². The second kappa shape index (κ2) is 12.8. The molecule has 0 saturated carbocycles. The van der Waals surface area contributed by atoms with Crippen LogP contribution in [-0.2, 0) is 17.7 Å². The van der Waals surface area contributed by atoms with Gasteiger partial charge in [0.1, 0.15) is 0 Å². The van der Waals surface area contributed by atoms with E-state index in [1.165, 1.54) is 0 Å². The zero-order chi connectivity index (χ0) is 23.8. The molecular formula is C24H38O4S2Si2. The van der Waals surface area contributed by atoms with Crippen LogP contribution >= 0.6 is 21.6 Å². The average Bonchev–Trinajstić information content (AvgIpc) is 2.82. The van der Waals surface area contributed by atoms with Crippen LogP contribution in [0.2, 0.25) is 0 Å². The van der Waals surface area contributed by atoms with Crippen LogP contribution in [-0.4, -0.2) is 55.3 Å². The van der Waals surface area contributed by atoms with Crippen molar-refractivity contribution in [2.45, 2.75) is 37.4 Å². The summed E-state index contributed by atoms with van der Waals surface area (Å²) in [5.41, 5.74) is 0. The molecule has 8 heteroatoms. The van der Waals surface area contributed by atoms with E-state index in [2.05, 4.69) is 76.2 Å². The lowest BCUT2D eigenvalue weighted by atomic mass is 10.3. The third kappa shape index (κ3) is 5.72. The molecule has 0 fully saturated rings. The molecule has 2 unspecified atom stereocenters. The average molecular weight is 511 g/mol. The van der Waals surface area contributed by atoms with Crippen molar-refractivity contribution in [1.82, 2.24) is 0 Å². The van der Waals surface area contributed by atoms with E-state index in [0.29, 0.717) is 11.8 Å². The van der Waals surface area contributed by atoms with E-state index in [-0.39, 0.29) is 9.75 Å². The highest BCUT2D eigenvalue weighted by molar-refractivity contribution is 8.77. The van der Waals surface area contributed by atoms with Gasteiger partial charge >= 0.3 is 17.1 Å². The molecule has 2 rings (SSSR count). The summed E-state index contributed by atoms with van der Waals surface area (Å²) < 4.78 is 25.0. The van der Waals surface area contributed by atoms with Crippen molar-refractivity contribution in [3.8, 4) is 0 Å². The first kappa shape index (κ1) is 27.7. The Morgan fingerprint density at radius 3 is 1.03 bits per heavy atom. The molecule has 0 aliphatic rings. The molecule has 0 aliphatic carbocycles. The largest absolute Gasteiger partial charge is 0.394 e. The molecule has 4 nitrogen and oxygen atoms in total. The van der Waals surface area contributed by atoms with E-state index in [4.69, 9.17) is 17.7 Å². The molecule has 2 atom stereocenters. The van der Waals surface area contributed by atoms with Gasteiger partial charge < -0.3 is 17.7 Å². The quantitative estimate of drug-likeness (QED) is 0.285. The Bertz CT molecular complexity index is 718. The van der Waals surface area contributed by atoms with Crippen LogP contribution in [0.15, 0.2) is 60.7 Å². The van der Waals surface area contributed by atoms with Crippen LogP contribution in [0.5, 0.6) is 0 Å². The van der Waals surface area contributed by atoms with Gasteiger partial charge in [0.2, 0.25) is 0 Å².